The number of thioether (sulfide) groups is 1. The number of para-hydroxylation sites is 1. The van der Waals surface area contributed by atoms with Gasteiger partial charge >= 0.3 is 0 Å². The van der Waals surface area contributed by atoms with E-state index >= 15 is 4.79 Å². The zero-order valence-electron chi connectivity index (χ0n) is 26.7. The van der Waals surface area contributed by atoms with Gasteiger partial charge in [-0.3, -0.25) is 14.4 Å². The van der Waals surface area contributed by atoms with E-state index in [9.17, 15) is 14.7 Å². The average molecular weight is 632 g/mol. The number of benzene rings is 2. The molecule has 3 fully saturated rings. The fourth-order valence-electron chi connectivity index (χ4n) is 7.79. The maximum absolute atomic E-state index is 15.0. The van der Waals surface area contributed by atoms with Crippen molar-refractivity contribution in [3.8, 4) is 5.75 Å². The monoisotopic (exact) mass is 631 g/mol. The Morgan fingerprint density at radius 1 is 1.07 bits per heavy atom. The summed E-state index contributed by atoms with van der Waals surface area (Å²) in [5.41, 5.74) is 1.41. The molecule has 3 aliphatic heterocycles. The number of ether oxygens (including phenoxy) is 1. The van der Waals surface area contributed by atoms with E-state index in [1.54, 1.807) is 57.9 Å². The van der Waals surface area contributed by atoms with Crippen LogP contribution >= 0.6 is 11.8 Å². The van der Waals surface area contributed by atoms with Crippen LogP contribution in [0.4, 0.5) is 11.4 Å². The molecule has 5 rings (SSSR count). The van der Waals surface area contributed by atoms with E-state index in [4.69, 9.17) is 4.74 Å². The number of rotatable bonds is 13. The molecule has 0 aliphatic carbocycles. The van der Waals surface area contributed by atoms with E-state index in [0.29, 0.717) is 18.0 Å². The highest BCUT2D eigenvalue weighted by molar-refractivity contribution is 8.02. The first kappa shape index (κ1) is 32.8. The number of carbonyl (C=O) groups excluding carboxylic acids is 3. The zero-order chi connectivity index (χ0) is 32.5. The number of methoxy groups -OCH3 is 1. The quantitative estimate of drug-likeness (QED) is 0.307. The van der Waals surface area contributed by atoms with E-state index < -0.39 is 28.7 Å². The van der Waals surface area contributed by atoms with Crippen LogP contribution in [-0.2, 0) is 14.4 Å². The van der Waals surface area contributed by atoms with Crippen LogP contribution in [0.15, 0.2) is 79.9 Å². The minimum Gasteiger partial charge on any atom is -0.497 e. The van der Waals surface area contributed by atoms with Gasteiger partial charge in [-0.25, -0.2) is 0 Å². The highest BCUT2D eigenvalue weighted by Gasteiger charge is 2.77. The van der Waals surface area contributed by atoms with Gasteiger partial charge in [-0.2, -0.15) is 0 Å². The van der Waals surface area contributed by atoms with Crippen molar-refractivity contribution in [1.82, 2.24) is 4.90 Å². The van der Waals surface area contributed by atoms with E-state index in [1.807, 2.05) is 56.3 Å². The standard InChI is InChI=1S/C36H45N3O5S/c1-7-19-37(25-13-11-10-12-14-25)33(41)30-29-21-24(5)36(45-29)31(30)34(42)39(28(22-40)23(4)9-3)32(36)35(43)38(20-8-2)26-15-17-27(44-6)18-16-26/h7-8,10-18,23-24,28-32,40H,1-2,9,19-22H2,3-6H3/t23-,24?,28-,29+,30-,31-,32?,36?/m0/s1. The Morgan fingerprint density at radius 2 is 1.67 bits per heavy atom. The predicted molar refractivity (Wildman–Crippen MR) is 180 cm³/mol. The maximum Gasteiger partial charge on any atom is 0.251 e. The summed E-state index contributed by atoms with van der Waals surface area (Å²) >= 11 is 1.64. The van der Waals surface area contributed by atoms with Crippen molar-refractivity contribution in [3.05, 3.63) is 79.9 Å². The SMILES string of the molecule is C=CCN(C(=O)C1N([C@@H](CO)[C@@H](C)CC)C(=O)[C@@H]2[C@@H](C(=O)N(CC=C)c3ccccc3)[C@H]3CC(C)C12S3)c1ccc(OC)cc1. The van der Waals surface area contributed by atoms with Gasteiger partial charge in [0.25, 0.3) is 5.91 Å². The minimum atomic E-state index is -0.865. The van der Waals surface area contributed by atoms with E-state index in [2.05, 4.69) is 20.1 Å². The summed E-state index contributed by atoms with van der Waals surface area (Å²) in [5, 5.41) is 10.6. The molecule has 0 radical (unpaired) electrons. The number of likely N-dealkylation sites (tertiary alicyclic amines) is 1. The van der Waals surface area contributed by atoms with Crippen molar-refractivity contribution >= 4 is 40.9 Å². The van der Waals surface area contributed by atoms with E-state index in [1.165, 1.54) is 0 Å². The van der Waals surface area contributed by atoms with Gasteiger partial charge in [-0.05, 0) is 54.7 Å². The second-order valence-electron chi connectivity index (χ2n) is 12.4. The molecule has 2 aromatic rings. The summed E-state index contributed by atoms with van der Waals surface area (Å²) in [6.07, 6.45) is 4.82. The van der Waals surface area contributed by atoms with Crippen LogP contribution in [0.5, 0.6) is 5.75 Å². The lowest BCUT2D eigenvalue weighted by molar-refractivity contribution is -0.143. The highest BCUT2D eigenvalue weighted by Crippen LogP contribution is 2.69. The fourth-order valence-corrected chi connectivity index (χ4v) is 10.2. The number of hydrogen-bond acceptors (Lipinski definition) is 6. The summed E-state index contributed by atoms with van der Waals surface area (Å²) in [6, 6.07) is 15.3. The van der Waals surface area contributed by atoms with Crippen molar-refractivity contribution in [3.63, 3.8) is 0 Å². The first-order valence-electron chi connectivity index (χ1n) is 15.8. The average Bonchev–Trinajstić information content (AvgIpc) is 3.66. The Kier molecular flexibility index (Phi) is 9.80. The lowest BCUT2D eigenvalue weighted by Crippen LogP contribution is -2.60. The molecule has 3 unspecified atom stereocenters. The number of hydrogen-bond donors (Lipinski definition) is 1. The molecule has 3 aliphatic rings. The molecule has 3 heterocycles. The van der Waals surface area contributed by atoms with Crippen molar-refractivity contribution in [2.24, 2.45) is 23.7 Å². The second kappa shape index (κ2) is 13.4. The third-order valence-electron chi connectivity index (χ3n) is 10.2. The Balaban J connectivity index is 1.64. The van der Waals surface area contributed by atoms with Gasteiger partial charge in [-0.1, -0.05) is 57.5 Å². The Bertz CT molecular complexity index is 1420. The number of anilines is 2. The zero-order valence-corrected chi connectivity index (χ0v) is 27.5. The summed E-state index contributed by atoms with van der Waals surface area (Å²) < 4.78 is 4.52. The van der Waals surface area contributed by atoms with Crippen LogP contribution in [0.2, 0.25) is 0 Å². The van der Waals surface area contributed by atoms with Crippen LogP contribution in [0.1, 0.15) is 33.6 Å². The number of aliphatic hydroxyl groups excluding tert-OH is 1. The van der Waals surface area contributed by atoms with E-state index in [-0.39, 0.29) is 48.0 Å². The first-order valence-corrected chi connectivity index (χ1v) is 16.7. The molecular weight excluding hydrogens is 586 g/mol. The molecule has 3 amide bonds. The smallest absolute Gasteiger partial charge is 0.251 e. The topological polar surface area (TPSA) is 90.4 Å². The van der Waals surface area contributed by atoms with Crippen LogP contribution in [0.25, 0.3) is 0 Å². The number of carbonyl (C=O) groups is 3. The van der Waals surface area contributed by atoms with Gasteiger partial charge in [0.05, 0.1) is 36.3 Å². The lowest BCUT2D eigenvalue weighted by atomic mass is 9.65. The molecule has 2 bridgehead atoms. The Hall–Kier alpha value is -3.56. The van der Waals surface area contributed by atoms with Gasteiger partial charge in [-0.15, -0.1) is 24.9 Å². The van der Waals surface area contributed by atoms with Crippen molar-refractivity contribution in [2.75, 3.05) is 36.6 Å². The number of nitrogens with zero attached hydrogens (tertiary/aromatic N) is 3. The third kappa shape index (κ3) is 5.37. The summed E-state index contributed by atoms with van der Waals surface area (Å²) in [7, 11) is 1.59. The van der Waals surface area contributed by atoms with Crippen LogP contribution in [0, 0.1) is 23.7 Å². The molecule has 8 nitrogen and oxygen atoms in total. The molecule has 2 aromatic carbocycles. The molecule has 8 atom stereocenters. The molecule has 9 heteroatoms. The Labute approximate surface area is 271 Å². The highest BCUT2D eigenvalue weighted by atomic mass is 32.2. The first-order chi connectivity index (χ1) is 21.7. The number of fused-ring (bicyclic) bond motifs is 1. The van der Waals surface area contributed by atoms with Gasteiger partial charge in [0.15, 0.2) is 0 Å². The largest absolute Gasteiger partial charge is 0.497 e. The summed E-state index contributed by atoms with van der Waals surface area (Å²) in [4.78, 5) is 49.5. The lowest BCUT2D eigenvalue weighted by Gasteiger charge is -2.43. The third-order valence-corrected chi connectivity index (χ3v) is 12.2. The Morgan fingerprint density at radius 3 is 2.22 bits per heavy atom. The van der Waals surface area contributed by atoms with Crippen molar-refractivity contribution in [2.45, 2.75) is 55.7 Å². The molecule has 1 N–H and O–H groups in total. The molecule has 1 spiro atoms. The normalized spacial score (nSPS) is 27.9. The molecule has 0 aromatic heterocycles. The number of aliphatic hydroxyl groups is 1. The van der Waals surface area contributed by atoms with Gasteiger partial charge < -0.3 is 24.5 Å². The minimum absolute atomic E-state index is 0.00764. The van der Waals surface area contributed by atoms with Crippen molar-refractivity contribution < 1.29 is 24.2 Å². The molecule has 0 saturated carbocycles. The van der Waals surface area contributed by atoms with Gasteiger partial charge in [0, 0.05) is 29.7 Å². The number of amides is 3. The fraction of sp³-hybridized carbons (Fsp3) is 0.472. The van der Waals surface area contributed by atoms with E-state index in [0.717, 1.165) is 18.5 Å². The van der Waals surface area contributed by atoms with Crippen LogP contribution < -0.4 is 14.5 Å². The molecule has 3 saturated heterocycles. The van der Waals surface area contributed by atoms with Crippen LogP contribution in [0.3, 0.4) is 0 Å². The molecule has 240 valence electrons. The van der Waals surface area contributed by atoms with Crippen LogP contribution in [-0.4, -0.2) is 76.6 Å². The van der Waals surface area contributed by atoms with Gasteiger partial charge in [0.2, 0.25) is 11.8 Å². The second-order valence-corrected chi connectivity index (χ2v) is 14.0. The molecular formula is C36H45N3O5S. The molecule has 45 heavy (non-hydrogen) atoms. The van der Waals surface area contributed by atoms with Crippen molar-refractivity contribution in [1.29, 1.82) is 0 Å². The summed E-state index contributed by atoms with van der Waals surface area (Å²) in [6.45, 7) is 14.2. The van der Waals surface area contributed by atoms with Gasteiger partial charge in [0.1, 0.15) is 11.8 Å². The summed E-state index contributed by atoms with van der Waals surface area (Å²) in [5.74, 6) is -1.28. The maximum atomic E-state index is 15.0. The predicted octanol–water partition coefficient (Wildman–Crippen LogP) is 5.18.